The van der Waals surface area contributed by atoms with Crippen LogP contribution in [0.5, 0.6) is 6.01 Å². The second-order valence-electron chi connectivity index (χ2n) is 6.13. The molecular weight excluding hydrogens is 347 g/mol. The van der Waals surface area contributed by atoms with Crippen LogP contribution in [0.2, 0.25) is 0 Å². The number of aromatic nitrogens is 2. The van der Waals surface area contributed by atoms with E-state index >= 15 is 0 Å². The molecule has 1 amide bonds. The lowest BCUT2D eigenvalue weighted by Crippen LogP contribution is -2.45. The molecule has 1 aliphatic rings. The van der Waals surface area contributed by atoms with Gasteiger partial charge in [0.05, 0.1) is 18.5 Å². The second kappa shape index (κ2) is 7.72. The third-order valence-corrected chi connectivity index (χ3v) is 4.15. The molecule has 26 heavy (non-hydrogen) atoms. The molecule has 0 N–H and O–H groups in total. The predicted molar refractivity (Wildman–Crippen MR) is 87.4 cm³/mol. The first-order chi connectivity index (χ1) is 12.4. The number of halogens is 3. The molecule has 2 aromatic rings. The SMILES string of the molecule is O=C(Cc1cccc(C(F)(F)F)c1)N1CCCC(Oc2ncccn2)C1. The van der Waals surface area contributed by atoms with E-state index < -0.39 is 11.7 Å². The molecule has 0 radical (unpaired) electrons. The van der Waals surface area contributed by atoms with Gasteiger partial charge in [-0.1, -0.05) is 18.2 Å². The van der Waals surface area contributed by atoms with Gasteiger partial charge in [0.15, 0.2) is 0 Å². The summed E-state index contributed by atoms with van der Waals surface area (Å²) in [5.74, 6) is -0.216. The lowest BCUT2D eigenvalue weighted by molar-refractivity contribution is -0.138. The van der Waals surface area contributed by atoms with Crippen molar-refractivity contribution in [3.8, 4) is 6.01 Å². The van der Waals surface area contributed by atoms with Crippen LogP contribution in [0.1, 0.15) is 24.0 Å². The number of ether oxygens (including phenoxy) is 1. The number of rotatable bonds is 4. The summed E-state index contributed by atoms with van der Waals surface area (Å²) >= 11 is 0. The zero-order valence-electron chi connectivity index (χ0n) is 13.9. The Hall–Kier alpha value is -2.64. The first-order valence-electron chi connectivity index (χ1n) is 8.29. The Kier molecular flexibility index (Phi) is 5.39. The summed E-state index contributed by atoms with van der Waals surface area (Å²) in [6, 6.07) is 6.80. The molecule has 0 aliphatic carbocycles. The number of benzene rings is 1. The van der Waals surface area contributed by atoms with E-state index in [1.165, 1.54) is 12.1 Å². The molecule has 0 saturated carbocycles. The molecule has 3 rings (SSSR count). The average molecular weight is 365 g/mol. The molecule has 2 heterocycles. The van der Waals surface area contributed by atoms with Gasteiger partial charge in [-0.15, -0.1) is 0 Å². The molecule has 1 aromatic carbocycles. The molecule has 1 saturated heterocycles. The Morgan fingerprint density at radius 1 is 1.23 bits per heavy atom. The van der Waals surface area contributed by atoms with Gasteiger partial charge in [-0.25, -0.2) is 9.97 Å². The lowest BCUT2D eigenvalue weighted by atomic mass is 10.0. The van der Waals surface area contributed by atoms with E-state index in [1.54, 1.807) is 23.4 Å². The molecule has 1 atom stereocenters. The quantitative estimate of drug-likeness (QED) is 0.836. The number of hydrogen-bond acceptors (Lipinski definition) is 4. The van der Waals surface area contributed by atoms with E-state index in [-0.39, 0.29) is 24.4 Å². The number of piperidine rings is 1. The van der Waals surface area contributed by atoms with Crippen molar-refractivity contribution in [2.45, 2.75) is 31.5 Å². The van der Waals surface area contributed by atoms with Crippen molar-refractivity contribution in [2.24, 2.45) is 0 Å². The highest BCUT2D eigenvalue weighted by Crippen LogP contribution is 2.29. The monoisotopic (exact) mass is 365 g/mol. The number of likely N-dealkylation sites (tertiary alicyclic amines) is 1. The summed E-state index contributed by atoms with van der Waals surface area (Å²) in [6.45, 7) is 0.934. The Morgan fingerprint density at radius 2 is 2.00 bits per heavy atom. The second-order valence-corrected chi connectivity index (χ2v) is 6.13. The molecular formula is C18H18F3N3O2. The third kappa shape index (κ3) is 4.71. The van der Waals surface area contributed by atoms with E-state index in [9.17, 15) is 18.0 Å². The maximum absolute atomic E-state index is 12.8. The van der Waals surface area contributed by atoms with Gasteiger partial charge in [0.2, 0.25) is 5.91 Å². The van der Waals surface area contributed by atoms with Crippen LogP contribution in [-0.2, 0) is 17.4 Å². The van der Waals surface area contributed by atoms with E-state index in [2.05, 4.69) is 9.97 Å². The smallest absolute Gasteiger partial charge is 0.416 e. The summed E-state index contributed by atoms with van der Waals surface area (Å²) in [6.07, 6.45) is -0.0467. The normalized spacial score (nSPS) is 17.8. The Morgan fingerprint density at radius 3 is 2.73 bits per heavy atom. The summed E-state index contributed by atoms with van der Waals surface area (Å²) in [7, 11) is 0. The number of alkyl halides is 3. The van der Waals surface area contributed by atoms with E-state index in [1.807, 2.05) is 0 Å². The van der Waals surface area contributed by atoms with Crippen molar-refractivity contribution >= 4 is 5.91 Å². The van der Waals surface area contributed by atoms with Gasteiger partial charge in [-0.05, 0) is 30.5 Å². The Bertz CT molecular complexity index is 753. The molecule has 1 aliphatic heterocycles. The zero-order chi connectivity index (χ0) is 18.6. The fraction of sp³-hybridized carbons (Fsp3) is 0.389. The fourth-order valence-corrected chi connectivity index (χ4v) is 2.90. The van der Waals surface area contributed by atoms with Crippen molar-refractivity contribution in [1.82, 2.24) is 14.9 Å². The molecule has 8 heteroatoms. The highest BCUT2D eigenvalue weighted by molar-refractivity contribution is 5.79. The standard InChI is InChI=1S/C18H18F3N3O2/c19-18(20,21)14-5-1-4-13(10-14)11-16(25)24-9-2-6-15(12-24)26-17-22-7-3-8-23-17/h1,3-5,7-8,10,15H,2,6,9,11-12H2. The fourth-order valence-electron chi connectivity index (χ4n) is 2.90. The molecule has 1 aromatic heterocycles. The number of carbonyl (C=O) groups excluding carboxylic acids is 1. The summed E-state index contributed by atoms with van der Waals surface area (Å²) in [5, 5.41) is 0. The first-order valence-corrected chi connectivity index (χ1v) is 8.29. The molecule has 1 fully saturated rings. The van der Waals surface area contributed by atoms with Gasteiger partial charge in [0.1, 0.15) is 6.10 Å². The number of nitrogens with zero attached hydrogens (tertiary/aromatic N) is 3. The van der Waals surface area contributed by atoms with Crippen molar-refractivity contribution in [2.75, 3.05) is 13.1 Å². The zero-order valence-corrected chi connectivity index (χ0v) is 13.9. The van der Waals surface area contributed by atoms with Crippen LogP contribution in [0.3, 0.4) is 0 Å². The average Bonchev–Trinajstić information content (AvgIpc) is 2.62. The summed E-state index contributed by atoms with van der Waals surface area (Å²) in [5.41, 5.74) is -0.400. The van der Waals surface area contributed by atoms with Gasteiger partial charge in [-0.3, -0.25) is 4.79 Å². The van der Waals surface area contributed by atoms with Crippen molar-refractivity contribution in [1.29, 1.82) is 0 Å². The van der Waals surface area contributed by atoms with Crippen molar-refractivity contribution < 1.29 is 22.7 Å². The predicted octanol–water partition coefficient (Wildman–Crippen LogP) is 3.11. The van der Waals surface area contributed by atoms with Crippen LogP contribution in [0, 0.1) is 0 Å². The molecule has 0 spiro atoms. The van der Waals surface area contributed by atoms with Crippen LogP contribution >= 0.6 is 0 Å². The highest BCUT2D eigenvalue weighted by atomic mass is 19.4. The molecule has 138 valence electrons. The highest BCUT2D eigenvalue weighted by Gasteiger charge is 2.31. The van der Waals surface area contributed by atoms with E-state index in [0.717, 1.165) is 25.0 Å². The Balaban J connectivity index is 1.61. The van der Waals surface area contributed by atoms with Crippen LogP contribution < -0.4 is 4.74 Å². The minimum Gasteiger partial charge on any atom is -0.458 e. The van der Waals surface area contributed by atoms with Crippen molar-refractivity contribution in [3.05, 3.63) is 53.9 Å². The van der Waals surface area contributed by atoms with Crippen LogP contribution in [0.15, 0.2) is 42.7 Å². The number of hydrogen-bond donors (Lipinski definition) is 0. The van der Waals surface area contributed by atoms with Gasteiger partial charge >= 0.3 is 12.2 Å². The molecule has 5 nitrogen and oxygen atoms in total. The maximum Gasteiger partial charge on any atom is 0.416 e. The first kappa shape index (κ1) is 18.2. The Labute approximate surface area is 148 Å². The van der Waals surface area contributed by atoms with Crippen LogP contribution in [0.25, 0.3) is 0 Å². The van der Waals surface area contributed by atoms with Gasteiger partial charge in [-0.2, -0.15) is 13.2 Å². The number of amides is 1. The third-order valence-electron chi connectivity index (χ3n) is 4.15. The minimum absolute atomic E-state index is 0.0710. The van der Waals surface area contributed by atoms with Crippen LogP contribution in [-0.4, -0.2) is 40.0 Å². The number of carbonyl (C=O) groups is 1. The van der Waals surface area contributed by atoms with Crippen LogP contribution in [0.4, 0.5) is 13.2 Å². The van der Waals surface area contributed by atoms with E-state index in [4.69, 9.17) is 4.74 Å². The van der Waals surface area contributed by atoms with E-state index in [0.29, 0.717) is 18.7 Å². The summed E-state index contributed by atoms with van der Waals surface area (Å²) in [4.78, 5) is 22.1. The molecule has 1 unspecified atom stereocenters. The van der Waals surface area contributed by atoms with Gasteiger partial charge in [0.25, 0.3) is 0 Å². The lowest BCUT2D eigenvalue weighted by Gasteiger charge is -2.32. The maximum atomic E-state index is 12.8. The molecule has 0 bridgehead atoms. The minimum atomic E-state index is -4.42. The van der Waals surface area contributed by atoms with Gasteiger partial charge in [0, 0.05) is 18.9 Å². The van der Waals surface area contributed by atoms with Crippen molar-refractivity contribution in [3.63, 3.8) is 0 Å². The topological polar surface area (TPSA) is 55.3 Å². The largest absolute Gasteiger partial charge is 0.458 e. The summed E-state index contributed by atoms with van der Waals surface area (Å²) < 4.78 is 44.1. The van der Waals surface area contributed by atoms with Gasteiger partial charge < -0.3 is 9.64 Å².